The number of carbonyl (C=O) groups excluding carboxylic acids is 2. The number of hydrogen-bond acceptors (Lipinski definition) is 3. The Hall–Kier alpha value is -2.69. The highest BCUT2D eigenvalue weighted by molar-refractivity contribution is 5.94. The molecule has 5 heteroatoms. The van der Waals surface area contributed by atoms with Gasteiger partial charge in [-0.1, -0.05) is 24.3 Å². The highest BCUT2D eigenvalue weighted by Gasteiger charge is 2.28. The number of halogens is 1. The summed E-state index contributed by atoms with van der Waals surface area (Å²) in [7, 11) is 0. The number of rotatable bonds is 4. The van der Waals surface area contributed by atoms with Crippen molar-refractivity contribution < 1.29 is 18.7 Å². The second-order valence-electron chi connectivity index (χ2n) is 6.61. The number of carbonyl (C=O) groups is 2. The van der Waals surface area contributed by atoms with Crippen molar-refractivity contribution in [2.45, 2.75) is 26.4 Å². The molecule has 0 unspecified atom stereocenters. The van der Waals surface area contributed by atoms with E-state index in [0.717, 1.165) is 11.1 Å². The van der Waals surface area contributed by atoms with E-state index >= 15 is 0 Å². The molecule has 3 rings (SSSR count). The lowest BCUT2D eigenvalue weighted by molar-refractivity contribution is -0.151. The fourth-order valence-electron chi connectivity index (χ4n) is 3.13. The maximum Gasteiger partial charge on any atom is 0.309 e. The molecule has 136 valence electrons. The van der Waals surface area contributed by atoms with Gasteiger partial charge in [-0.2, -0.15) is 0 Å². The van der Waals surface area contributed by atoms with Crippen LogP contribution in [0.15, 0.2) is 48.5 Å². The smallest absolute Gasteiger partial charge is 0.309 e. The van der Waals surface area contributed by atoms with Crippen LogP contribution in [0, 0.1) is 18.7 Å². The lowest BCUT2D eigenvalue weighted by Crippen LogP contribution is -2.40. The summed E-state index contributed by atoms with van der Waals surface area (Å²) in [6.07, 6.45) is 1.17. The van der Waals surface area contributed by atoms with Crippen molar-refractivity contribution in [2.75, 3.05) is 13.1 Å². The molecular formula is C21H22FNO3. The van der Waals surface area contributed by atoms with Gasteiger partial charge < -0.3 is 9.64 Å². The van der Waals surface area contributed by atoms with Gasteiger partial charge in [-0.25, -0.2) is 4.39 Å². The molecule has 0 radical (unpaired) electrons. The Morgan fingerprint density at radius 1 is 1.08 bits per heavy atom. The van der Waals surface area contributed by atoms with E-state index in [2.05, 4.69) is 0 Å². The number of amides is 1. The molecule has 2 aromatic rings. The number of aryl methyl sites for hydroxylation is 1. The quantitative estimate of drug-likeness (QED) is 0.785. The van der Waals surface area contributed by atoms with Crippen molar-refractivity contribution in [3.63, 3.8) is 0 Å². The zero-order chi connectivity index (χ0) is 18.5. The lowest BCUT2D eigenvalue weighted by Gasteiger charge is -2.31. The molecule has 1 heterocycles. The first-order valence-corrected chi connectivity index (χ1v) is 8.80. The van der Waals surface area contributed by atoms with Gasteiger partial charge in [0.15, 0.2) is 0 Å². The van der Waals surface area contributed by atoms with Gasteiger partial charge in [-0.3, -0.25) is 9.59 Å². The number of benzene rings is 2. The predicted octanol–water partition coefficient (Wildman–Crippen LogP) is 3.73. The van der Waals surface area contributed by atoms with E-state index < -0.39 is 0 Å². The Morgan fingerprint density at radius 2 is 1.73 bits per heavy atom. The minimum absolute atomic E-state index is 0.128. The van der Waals surface area contributed by atoms with Crippen molar-refractivity contribution in [1.29, 1.82) is 0 Å². The van der Waals surface area contributed by atoms with Crippen LogP contribution in [0.5, 0.6) is 0 Å². The Bertz CT molecular complexity index is 780. The minimum Gasteiger partial charge on any atom is -0.461 e. The number of likely N-dealkylation sites (tertiary alicyclic amines) is 1. The van der Waals surface area contributed by atoms with Gasteiger partial charge in [0.05, 0.1) is 5.92 Å². The Labute approximate surface area is 152 Å². The average molecular weight is 355 g/mol. The monoisotopic (exact) mass is 355 g/mol. The molecule has 4 nitrogen and oxygen atoms in total. The number of piperidine rings is 1. The summed E-state index contributed by atoms with van der Waals surface area (Å²) in [5.41, 5.74) is 2.57. The van der Waals surface area contributed by atoms with Crippen molar-refractivity contribution >= 4 is 11.9 Å². The minimum atomic E-state index is -0.364. The fourth-order valence-corrected chi connectivity index (χ4v) is 3.13. The Morgan fingerprint density at radius 3 is 2.38 bits per heavy atom. The molecule has 0 aliphatic carbocycles. The first-order chi connectivity index (χ1) is 12.5. The van der Waals surface area contributed by atoms with E-state index in [1.807, 2.05) is 31.2 Å². The maximum absolute atomic E-state index is 13.0. The van der Waals surface area contributed by atoms with Crippen LogP contribution in [0.3, 0.4) is 0 Å². The zero-order valence-corrected chi connectivity index (χ0v) is 14.8. The maximum atomic E-state index is 13.0. The molecule has 0 N–H and O–H groups in total. The van der Waals surface area contributed by atoms with Crippen molar-refractivity contribution in [3.8, 4) is 0 Å². The third-order valence-electron chi connectivity index (χ3n) is 4.84. The van der Waals surface area contributed by atoms with Crippen LogP contribution in [0.4, 0.5) is 4.39 Å². The molecule has 0 atom stereocenters. The molecule has 1 fully saturated rings. The summed E-state index contributed by atoms with van der Waals surface area (Å²) in [6, 6.07) is 13.4. The largest absolute Gasteiger partial charge is 0.461 e. The van der Waals surface area contributed by atoms with Gasteiger partial charge in [0.25, 0.3) is 5.91 Å². The Balaban J connectivity index is 1.50. The highest BCUT2D eigenvalue weighted by Crippen LogP contribution is 2.21. The van der Waals surface area contributed by atoms with Crippen LogP contribution in [-0.4, -0.2) is 29.9 Å². The second-order valence-corrected chi connectivity index (χ2v) is 6.61. The molecule has 0 aromatic heterocycles. The molecule has 2 aromatic carbocycles. The van der Waals surface area contributed by atoms with Crippen LogP contribution >= 0.6 is 0 Å². The van der Waals surface area contributed by atoms with Gasteiger partial charge in [-0.05, 0) is 55.2 Å². The van der Waals surface area contributed by atoms with E-state index in [9.17, 15) is 14.0 Å². The summed E-state index contributed by atoms with van der Waals surface area (Å²) in [6.45, 7) is 3.27. The SMILES string of the molecule is Cc1ccccc1COC(=O)C1CCN(C(=O)c2ccc(F)cc2)CC1. The topological polar surface area (TPSA) is 46.6 Å². The average Bonchev–Trinajstić information content (AvgIpc) is 2.67. The Kier molecular flexibility index (Phi) is 5.66. The molecule has 1 amide bonds. The van der Waals surface area contributed by atoms with Crippen LogP contribution in [0.25, 0.3) is 0 Å². The van der Waals surface area contributed by atoms with E-state index in [-0.39, 0.29) is 30.2 Å². The third-order valence-corrected chi connectivity index (χ3v) is 4.84. The first kappa shape index (κ1) is 18.1. The second kappa shape index (κ2) is 8.13. The summed E-state index contributed by atoms with van der Waals surface area (Å²) in [5, 5.41) is 0. The summed E-state index contributed by atoms with van der Waals surface area (Å²) < 4.78 is 18.4. The molecule has 1 aliphatic heterocycles. The van der Waals surface area contributed by atoms with Crippen LogP contribution < -0.4 is 0 Å². The van der Waals surface area contributed by atoms with Crippen LogP contribution in [0.1, 0.15) is 34.3 Å². The van der Waals surface area contributed by atoms with Gasteiger partial charge in [-0.15, -0.1) is 0 Å². The standard InChI is InChI=1S/C21H22FNO3/c1-15-4-2-3-5-18(15)14-26-21(25)17-10-12-23(13-11-17)20(24)16-6-8-19(22)9-7-16/h2-9,17H,10-14H2,1H3. The first-order valence-electron chi connectivity index (χ1n) is 8.80. The summed E-state index contributed by atoms with van der Waals surface area (Å²) >= 11 is 0. The molecule has 1 saturated heterocycles. The van der Waals surface area contributed by atoms with E-state index in [4.69, 9.17) is 4.74 Å². The van der Waals surface area contributed by atoms with Gasteiger partial charge in [0, 0.05) is 18.7 Å². The summed E-state index contributed by atoms with van der Waals surface area (Å²) in [4.78, 5) is 26.4. The van der Waals surface area contributed by atoms with Gasteiger partial charge in [0.2, 0.25) is 0 Å². The molecule has 1 aliphatic rings. The van der Waals surface area contributed by atoms with Crippen LogP contribution in [-0.2, 0) is 16.1 Å². The highest BCUT2D eigenvalue weighted by atomic mass is 19.1. The number of hydrogen-bond donors (Lipinski definition) is 0. The predicted molar refractivity (Wildman–Crippen MR) is 96.0 cm³/mol. The third kappa shape index (κ3) is 4.28. The van der Waals surface area contributed by atoms with Crippen molar-refractivity contribution in [2.24, 2.45) is 5.92 Å². The number of nitrogens with zero attached hydrogens (tertiary/aromatic N) is 1. The van der Waals surface area contributed by atoms with Crippen molar-refractivity contribution in [1.82, 2.24) is 4.90 Å². The van der Waals surface area contributed by atoms with Crippen molar-refractivity contribution in [3.05, 3.63) is 71.0 Å². The van der Waals surface area contributed by atoms with E-state index in [0.29, 0.717) is 31.5 Å². The molecule has 0 saturated carbocycles. The molecule has 26 heavy (non-hydrogen) atoms. The zero-order valence-electron chi connectivity index (χ0n) is 14.8. The van der Waals surface area contributed by atoms with Crippen LogP contribution in [0.2, 0.25) is 0 Å². The van der Waals surface area contributed by atoms with Gasteiger partial charge >= 0.3 is 5.97 Å². The van der Waals surface area contributed by atoms with Gasteiger partial charge in [0.1, 0.15) is 12.4 Å². The number of ether oxygens (including phenoxy) is 1. The summed E-state index contributed by atoms with van der Waals surface area (Å²) in [5.74, 6) is -0.883. The van der Waals surface area contributed by atoms with E-state index in [1.165, 1.54) is 24.3 Å². The molecule has 0 bridgehead atoms. The fraction of sp³-hybridized carbons (Fsp3) is 0.333. The molecule has 0 spiro atoms. The lowest BCUT2D eigenvalue weighted by atomic mass is 9.96. The number of esters is 1. The molecular weight excluding hydrogens is 333 g/mol. The normalized spacial score (nSPS) is 14.9. The van der Waals surface area contributed by atoms with E-state index in [1.54, 1.807) is 4.90 Å².